The van der Waals surface area contributed by atoms with Crippen molar-refractivity contribution in [3.05, 3.63) is 42.0 Å². The van der Waals surface area contributed by atoms with E-state index in [1.807, 2.05) is 20.8 Å². The van der Waals surface area contributed by atoms with E-state index in [-0.39, 0.29) is 5.56 Å². The molecule has 0 aromatic heterocycles. The molecule has 1 atom stereocenters. The normalized spacial score (nSPS) is 14.2. The molecular weight excluding hydrogens is 279 g/mol. The third-order valence-electron chi connectivity index (χ3n) is 3.02. The molecule has 114 valence electrons. The predicted octanol–water partition coefficient (Wildman–Crippen LogP) is 4.58. The van der Waals surface area contributed by atoms with Crippen LogP contribution in [0.15, 0.2) is 36.4 Å². The molecule has 2 aromatic carbocycles. The molecular formula is C16H18F3NO. The molecule has 2 aromatic rings. The number of fused-ring (bicyclic) bond motifs is 1. The van der Waals surface area contributed by atoms with E-state index in [1.54, 1.807) is 30.3 Å². The van der Waals surface area contributed by atoms with E-state index in [4.69, 9.17) is 10.5 Å². The summed E-state index contributed by atoms with van der Waals surface area (Å²) >= 11 is 0. The van der Waals surface area contributed by atoms with E-state index in [0.29, 0.717) is 16.5 Å². The third-order valence-corrected chi connectivity index (χ3v) is 3.02. The number of alkyl halides is 3. The maximum Gasteiger partial charge on any atom is 0.407 e. The molecule has 21 heavy (non-hydrogen) atoms. The monoisotopic (exact) mass is 297 g/mol. The Bertz CT molecular complexity index is 644. The zero-order valence-electron chi connectivity index (χ0n) is 12.2. The van der Waals surface area contributed by atoms with Gasteiger partial charge in [0.1, 0.15) is 17.4 Å². The molecule has 0 aliphatic rings. The van der Waals surface area contributed by atoms with Gasteiger partial charge in [-0.05, 0) is 37.8 Å². The summed E-state index contributed by atoms with van der Waals surface area (Å²) in [6.07, 6.45) is -4.48. The van der Waals surface area contributed by atoms with Crippen LogP contribution in [0.5, 0.6) is 5.75 Å². The van der Waals surface area contributed by atoms with E-state index >= 15 is 0 Å². The minimum Gasteiger partial charge on any atom is -0.488 e. The highest BCUT2D eigenvalue weighted by Gasteiger charge is 2.38. The van der Waals surface area contributed by atoms with Gasteiger partial charge in [-0.25, -0.2) is 0 Å². The Morgan fingerprint density at radius 1 is 0.952 bits per heavy atom. The zero-order chi connectivity index (χ0) is 15.8. The first kappa shape index (κ1) is 15.6. The Morgan fingerprint density at radius 2 is 1.52 bits per heavy atom. The number of hydrogen-bond acceptors (Lipinski definition) is 2. The first-order chi connectivity index (χ1) is 9.59. The largest absolute Gasteiger partial charge is 0.488 e. The second kappa shape index (κ2) is 5.22. The van der Waals surface area contributed by atoms with Crippen molar-refractivity contribution in [1.82, 2.24) is 0 Å². The molecule has 0 saturated heterocycles. The lowest BCUT2D eigenvalue weighted by molar-refractivity contribution is -0.148. The van der Waals surface area contributed by atoms with Gasteiger partial charge < -0.3 is 10.5 Å². The Balaban J connectivity index is 2.60. The van der Waals surface area contributed by atoms with Crippen LogP contribution in [-0.2, 0) is 0 Å². The zero-order valence-corrected chi connectivity index (χ0v) is 12.2. The second-order valence-corrected chi connectivity index (χ2v) is 5.93. The van der Waals surface area contributed by atoms with Crippen LogP contribution in [0.25, 0.3) is 10.8 Å². The fourth-order valence-corrected chi connectivity index (χ4v) is 2.16. The van der Waals surface area contributed by atoms with Crippen LogP contribution >= 0.6 is 0 Å². The standard InChI is InChI=1S/C16H18F3NO/c1-15(2,3)21-13-9-8-12(14(20)16(17,18)19)10-6-4-5-7-11(10)13/h4-9,14H,20H2,1-3H3/t14-/m0/s1. The summed E-state index contributed by atoms with van der Waals surface area (Å²) in [6, 6.07) is 7.76. The van der Waals surface area contributed by atoms with Gasteiger partial charge in [-0.15, -0.1) is 0 Å². The molecule has 5 heteroatoms. The Kier molecular flexibility index (Phi) is 3.89. The van der Waals surface area contributed by atoms with Crippen LogP contribution in [0.4, 0.5) is 13.2 Å². The van der Waals surface area contributed by atoms with Crippen LogP contribution in [0.1, 0.15) is 32.4 Å². The van der Waals surface area contributed by atoms with Crippen molar-refractivity contribution < 1.29 is 17.9 Å². The van der Waals surface area contributed by atoms with Crippen molar-refractivity contribution in [2.45, 2.75) is 38.6 Å². The molecule has 0 amide bonds. The summed E-state index contributed by atoms with van der Waals surface area (Å²) in [4.78, 5) is 0. The Morgan fingerprint density at radius 3 is 2.05 bits per heavy atom. The lowest BCUT2D eigenvalue weighted by Gasteiger charge is -2.24. The summed E-state index contributed by atoms with van der Waals surface area (Å²) in [7, 11) is 0. The van der Waals surface area contributed by atoms with Gasteiger partial charge in [-0.1, -0.05) is 30.3 Å². The van der Waals surface area contributed by atoms with Crippen molar-refractivity contribution in [2.24, 2.45) is 5.73 Å². The minimum atomic E-state index is -4.48. The Hall–Kier alpha value is -1.75. The number of ether oxygens (including phenoxy) is 1. The molecule has 0 fully saturated rings. The van der Waals surface area contributed by atoms with E-state index in [0.717, 1.165) is 0 Å². The van der Waals surface area contributed by atoms with Crippen LogP contribution in [0.3, 0.4) is 0 Å². The Labute approximate surface area is 121 Å². The van der Waals surface area contributed by atoms with Gasteiger partial charge in [0.15, 0.2) is 0 Å². The first-order valence-electron chi connectivity index (χ1n) is 6.62. The SMILES string of the molecule is CC(C)(C)Oc1ccc([C@H](N)C(F)(F)F)c2ccccc12. The topological polar surface area (TPSA) is 35.2 Å². The van der Waals surface area contributed by atoms with E-state index < -0.39 is 17.8 Å². The molecule has 0 aliphatic carbocycles. The highest BCUT2D eigenvalue weighted by molar-refractivity contribution is 5.91. The molecule has 0 saturated carbocycles. The second-order valence-electron chi connectivity index (χ2n) is 5.93. The van der Waals surface area contributed by atoms with E-state index in [2.05, 4.69) is 0 Å². The third kappa shape index (κ3) is 3.47. The first-order valence-corrected chi connectivity index (χ1v) is 6.62. The molecule has 2 N–H and O–H groups in total. The lowest BCUT2D eigenvalue weighted by atomic mass is 9.98. The minimum absolute atomic E-state index is 0.0550. The van der Waals surface area contributed by atoms with Crippen LogP contribution in [0, 0.1) is 0 Å². The molecule has 2 rings (SSSR count). The number of hydrogen-bond donors (Lipinski definition) is 1. The summed E-state index contributed by atoms with van der Waals surface area (Å²) in [5.41, 5.74) is 4.97. The molecule has 0 heterocycles. The molecule has 0 spiro atoms. The smallest absolute Gasteiger partial charge is 0.407 e. The van der Waals surface area contributed by atoms with E-state index in [9.17, 15) is 13.2 Å². The number of benzene rings is 2. The van der Waals surface area contributed by atoms with Crippen molar-refractivity contribution in [1.29, 1.82) is 0 Å². The molecule has 0 radical (unpaired) electrons. The van der Waals surface area contributed by atoms with Gasteiger partial charge in [-0.3, -0.25) is 0 Å². The van der Waals surface area contributed by atoms with Gasteiger partial charge in [0.05, 0.1) is 0 Å². The average Bonchev–Trinajstić information content (AvgIpc) is 2.35. The van der Waals surface area contributed by atoms with Crippen LogP contribution < -0.4 is 10.5 Å². The molecule has 0 aliphatic heterocycles. The predicted molar refractivity (Wildman–Crippen MR) is 77.3 cm³/mol. The van der Waals surface area contributed by atoms with Crippen molar-refractivity contribution in [3.8, 4) is 5.75 Å². The van der Waals surface area contributed by atoms with Crippen LogP contribution in [-0.4, -0.2) is 11.8 Å². The summed E-state index contributed by atoms with van der Waals surface area (Å²) < 4.78 is 44.4. The van der Waals surface area contributed by atoms with Crippen molar-refractivity contribution in [3.63, 3.8) is 0 Å². The molecule has 0 unspecified atom stereocenters. The highest BCUT2D eigenvalue weighted by Crippen LogP contribution is 2.38. The maximum absolute atomic E-state index is 12.9. The summed E-state index contributed by atoms with van der Waals surface area (Å²) in [5, 5.41) is 1.09. The number of rotatable bonds is 2. The van der Waals surface area contributed by atoms with E-state index in [1.165, 1.54) is 6.07 Å². The van der Waals surface area contributed by atoms with Gasteiger partial charge in [0.25, 0.3) is 0 Å². The van der Waals surface area contributed by atoms with Gasteiger partial charge in [0, 0.05) is 5.39 Å². The summed E-state index contributed by atoms with van der Waals surface area (Å²) in [6.45, 7) is 5.66. The fraction of sp³-hybridized carbons (Fsp3) is 0.375. The van der Waals surface area contributed by atoms with Crippen LogP contribution in [0.2, 0.25) is 0 Å². The quantitative estimate of drug-likeness (QED) is 0.880. The lowest BCUT2D eigenvalue weighted by Crippen LogP contribution is -2.28. The van der Waals surface area contributed by atoms with Crippen molar-refractivity contribution in [2.75, 3.05) is 0 Å². The van der Waals surface area contributed by atoms with Crippen molar-refractivity contribution >= 4 is 10.8 Å². The molecule has 2 nitrogen and oxygen atoms in total. The number of nitrogens with two attached hydrogens (primary N) is 1. The highest BCUT2D eigenvalue weighted by atomic mass is 19.4. The fourth-order valence-electron chi connectivity index (χ4n) is 2.16. The molecule has 0 bridgehead atoms. The maximum atomic E-state index is 12.9. The number of halogens is 3. The van der Waals surface area contributed by atoms with Gasteiger partial charge in [-0.2, -0.15) is 13.2 Å². The summed E-state index contributed by atoms with van der Waals surface area (Å²) in [5.74, 6) is 0.552. The van der Waals surface area contributed by atoms with Gasteiger partial charge >= 0.3 is 6.18 Å². The van der Waals surface area contributed by atoms with Gasteiger partial charge in [0.2, 0.25) is 0 Å². The average molecular weight is 297 g/mol.